The number of ether oxygens (including phenoxy) is 1. The van der Waals surface area contributed by atoms with Crippen LogP contribution in [0.15, 0.2) is 12.7 Å². The van der Waals surface area contributed by atoms with Gasteiger partial charge in [-0.2, -0.15) is 0 Å². The van der Waals surface area contributed by atoms with E-state index in [4.69, 9.17) is 9.84 Å². The predicted octanol–water partition coefficient (Wildman–Crippen LogP) is 1.45. The van der Waals surface area contributed by atoms with Gasteiger partial charge in [-0.25, -0.2) is 0 Å². The number of hydrogen-bond acceptors (Lipinski definition) is 2. The van der Waals surface area contributed by atoms with E-state index in [1.165, 1.54) is 0 Å². The lowest BCUT2D eigenvalue weighted by Crippen LogP contribution is -2.16. The van der Waals surface area contributed by atoms with Gasteiger partial charge in [0.25, 0.3) is 0 Å². The lowest BCUT2D eigenvalue weighted by atomic mass is 10.1. The molecule has 1 aliphatic heterocycles. The van der Waals surface area contributed by atoms with E-state index in [1.54, 1.807) is 6.08 Å². The maximum atomic E-state index is 9.12. The summed E-state index contributed by atoms with van der Waals surface area (Å²) in [6.45, 7) is 3.62. The molecule has 2 unspecified atom stereocenters. The first-order valence-electron chi connectivity index (χ1n) is 3.79. The van der Waals surface area contributed by atoms with Crippen LogP contribution in [0.2, 0.25) is 0 Å². The van der Waals surface area contributed by atoms with Gasteiger partial charge in [-0.05, 0) is 19.3 Å². The summed E-state index contributed by atoms with van der Waals surface area (Å²) in [5.41, 5.74) is 0. The number of aliphatic hydroxyl groups is 1. The van der Waals surface area contributed by atoms with Crippen molar-refractivity contribution in [1.82, 2.24) is 0 Å². The smallest absolute Gasteiger partial charge is 0.155 e. The second-order valence-electron chi connectivity index (χ2n) is 2.65. The van der Waals surface area contributed by atoms with Crippen molar-refractivity contribution in [2.24, 2.45) is 0 Å². The second-order valence-corrected chi connectivity index (χ2v) is 2.65. The Hall–Kier alpha value is -0.340. The minimum Gasteiger partial charge on any atom is -0.368 e. The fraction of sp³-hybridized carbons (Fsp3) is 0.750. The van der Waals surface area contributed by atoms with Crippen LogP contribution in [0.3, 0.4) is 0 Å². The Kier molecular flexibility index (Phi) is 2.90. The Balaban J connectivity index is 2.37. The van der Waals surface area contributed by atoms with Crippen molar-refractivity contribution in [1.29, 1.82) is 0 Å². The number of hydrogen-bond donors (Lipinski definition) is 1. The molecule has 10 heavy (non-hydrogen) atoms. The highest BCUT2D eigenvalue weighted by atomic mass is 16.6. The van der Waals surface area contributed by atoms with Crippen LogP contribution < -0.4 is 0 Å². The van der Waals surface area contributed by atoms with Gasteiger partial charge in [0.2, 0.25) is 0 Å². The maximum absolute atomic E-state index is 9.12. The summed E-state index contributed by atoms with van der Waals surface area (Å²) in [6, 6.07) is 0. The third-order valence-corrected chi connectivity index (χ3v) is 1.78. The summed E-state index contributed by atoms with van der Waals surface area (Å²) in [5, 5.41) is 9.12. The number of aliphatic hydroxyl groups excluding tert-OH is 1. The van der Waals surface area contributed by atoms with Crippen molar-refractivity contribution in [3.8, 4) is 0 Å². The third-order valence-electron chi connectivity index (χ3n) is 1.78. The standard InChI is InChI=1S/C8H14O2/c1-2-7-5-3-4-6-8(9)10-7/h2,7-9H,1,3-6H2. The van der Waals surface area contributed by atoms with E-state index in [9.17, 15) is 0 Å². The summed E-state index contributed by atoms with van der Waals surface area (Å²) in [4.78, 5) is 0. The van der Waals surface area contributed by atoms with Crippen molar-refractivity contribution in [2.45, 2.75) is 38.1 Å². The molecule has 1 heterocycles. The molecule has 0 aromatic heterocycles. The Morgan fingerprint density at radius 3 is 2.80 bits per heavy atom. The maximum Gasteiger partial charge on any atom is 0.155 e. The van der Waals surface area contributed by atoms with E-state index in [0.717, 1.165) is 25.7 Å². The summed E-state index contributed by atoms with van der Waals surface area (Å²) < 4.78 is 5.20. The van der Waals surface area contributed by atoms with E-state index in [2.05, 4.69) is 6.58 Å². The molecule has 2 nitrogen and oxygen atoms in total. The van der Waals surface area contributed by atoms with Crippen molar-refractivity contribution < 1.29 is 9.84 Å². The van der Waals surface area contributed by atoms with Crippen LogP contribution in [0.1, 0.15) is 25.7 Å². The van der Waals surface area contributed by atoms with Gasteiger partial charge in [0.1, 0.15) is 0 Å². The minimum absolute atomic E-state index is 0.0671. The molecule has 1 fully saturated rings. The highest BCUT2D eigenvalue weighted by Gasteiger charge is 2.14. The zero-order chi connectivity index (χ0) is 7.40. The average molecular weight is 142 g/mol. The Morgan fingerprint density at radius 1 is 1.40 bits per heavy atom. The topological polar surface area (TPSA) is 29.5 Å². The largest absolute Gasteiger partial charge is 0.368 e. The molecule has 0 aromatic rings. The average Bonchev–Trinajstić information content (AvgIpc) is 2.13. The molecule has 0 aromatic carbocycles. The quantitative estimate of drug-likeness (QED) is 0.561. The first-order chi connectivity index (χ1) is 4.83. The van der Waals surface area contributed by atoms with Gasteiger partial charge in [0.15, 0.2) is 6.29 Å². The summed E-state index contributed by atoms with van der Waals surface area (Å²) in [5.74, 6) is 0. The number of rotatable bonds is 1. The van der Waals surface area contributed by atoms with E-state index in [0.29, 0.717) is 0 Å². The van der Waals surface area contributed by atoms with E-state index in [1.807, 2.05) is 0 Å². The van der Waals surface area contributed by atoms with Gasteiger partial charge in [-0.1, -0.05) is 12.5 Å². The molecule has 0 spiro atoms. The van der Waals surface area contributed by atoms with Crippen molar-refractivity contribution in [3.63, 3.8) is 0 Å². The molecule has 2 atom stereocenters. The summed E-state index contributed by atoms with van der Waals surface area (Å²) >= 11 is 0. The van der Waals surface area contributed by atoms with Gasteiger partial charge >= 0.3 is 0 Å². The highest BCUT2D eigenvalue weighted by molar-refractivity contribution is 4.81. The van der Waals surface area contributed by atoms with Gasteiger partial charge in [-0.15, -0.1) is 6.58 Å². The Bertz CT molecular complexity index is 112. The molecule has 0 bridgehead atoms. The van der Waals surface area contributed by atoms with Crippen LogP contribution in [0, 0.1) is 0 Å². The molecular weight excluding hydrogens is 128 g/mol. The Labute approximate surface area is 61.5 Å². The van der Waals surface area contributed by atoms with Crippen LogP contribution in [-0.2, 0) is 4.74 Å². The third kappa shape index (κ3) is 2.12. The lowest BCUT2D eigenvalue weighted by molar-refractivity contribution is -0.118. The Morgan fingerprint density at radius 2 is 2.10 bits per heavy atom. The van der Waals surface area contributed by atoms with Gasteiger partial charge in [0, 0.05) is 0 Å². The zero-order valence-electron chi connectivity index (χ0n) is 6.12. The first kappa shape index (κ1) is 7.76. The molecule has 0 aliphatic carbocycles. The lowest BCUT2D eigenvalue weighted by Gasteiger charge is -2.13. The SMILES string of the molecule is C=CC1CCCCC(O)O1. The minimum atomic E-state index is -0.564. The fourth-order valence-corrected chi connectivity index (χ4v) is 1.18. The molecule has 1 saturated heterocycles. The van der Waals surface area contributed by atoms with Crippen LogP contribution in [0.5, 0.6) is 0 Å². The van der Waals surface area contributed by atoms with Crippen molar-refractivity contribution in [2.75, 3.05) is 0 Å². The molecule has 1 aliphatic rings. The van der Waals surface area contributed by atoms with E-state index in [-0.39, 0.29) is 6.10 Å². The van der Waals surface area contributed by atoms with E-state index < -0.39 is 6.29 Å². The molecular formula is C8H14O2. The van der Waals surface area contributed by atoms with Crippen LogP contribution >= 0.6 is 0 Å². The van der Waals surface area contributed by atoms with Gasteiger partial charge in [0.05, 0.1) is 6.10 Å². The second kappa shape index (κ2) is 3.74. The summed E-state index contributed by atoms with van der Waals surface area (Å²) in [6.07, 6.45) is 5.22. The fourth-order valence-electron chi connectivity index (χ4n) is 1.18. The van der Waals surface area contributed by atoms with Crippen molar-refractivity contribution in [3.05, 3.63) is 12.7 Å². The van der Waals surface area contributed by atoms with Crippen LogP contribution in [-0.4, -0.2) is 17.5 Å². The molecule has 1 rings (SSSR count). The molecule has 0 radical (unpaired) electrons. The summed E-state index contributed by atoms with van der Waals surface area (Å²) in [7, 11) is 0. The van der Waals surface area contributed by atoms with Gasteiger partial charge in [-0.3, -0.25) is 0 Å². The predicted molar refractivity (Wildman–Crippen MR) is 39.5 cm³/mol. The molecule has 2 heteroatoms. The van der Waals surface area contributed by atoms with Gasteiger partial charge < -0.3 is 9.84 Å². The highest BCUT2D eigenvalue weighted by Crippen LogP contribution is 2.16. The van der Waals surface area contributed by atoms with Crippen LogP contribution in [0.4, 0.5) is 0 Å². The van der Waals surface area contributed by atoms with Crippen LogP contribution in [0.25, 0.3) is 0 Å². The first-order valence-corrected chi connectivity index (χ1v) is 3.79. The zero-order valence-corrected chi connectivity index (χ0v) is 6.12. The molecule has 0 saturated carbocycles. The molecule has 0 amide bonds. The van der Waals surface area contributed by atoms with Crippen molar-refractivity contribution >= 4 is 0 Å². The normalized spacial score (nSPS) is 34.9. The van der Waals surface area contributed by atoms with E-state index >= 15 is 0 Å². The monoisotopic (exact) mass is 142 g/mol. The molecule has 58 valence electrons. The molecule has 1 N–H and O–H groups in total.